The van der Waals surface area contributed by atoms with Crippen LogP contribution in [0.1, 0.15) is 49.4 Å². The van der Waals surface area contributed by atoms with Crippen molar-refractivity contribution in [2.75, 3.05) is 6.61 Å². The van der Waals surface area contributed by atoms with Crippen molar-refractivity contribution >= 4 is 17.7 Å². The minimum Gasteiger partial charge on any atom is -0.463 e. The SMILES string of the molecule is CCOC(=O)C1=C(c2ccc(F)cc2)NC(=O)N[C@@H]1c1ccc(C(C)C)cc1. The monoisotopic (exact) mass is 382 g/mol. The Kier molecular flexibility index (Phi) is 5.78. The van der Waals surface area contributed by atoms with Crippen molar-refractivity contribution in [3.8, 4) is 0 Å². The summed E-state index contributed by atoms with van der Waals surface area (Å²) in [6.07, 6.45) is 0. The summed E-state index contributed by atoms with van der Waals surface area (Å²) in [6.45, 7) is 6.11. The Morgan fingerprint density at radius 3 is 2.32 bits per heavy atom. The maximum Gasteiger partial charge on any atom is 0.338 e. The highest BCUT2D eigenvalue weighted by Crippen LogP contribution is 2.32. The fraction of sp³-hybridized carbons (Fsp3) is 0.273. The van der Waals surface area contributed by atoms with Crippen molar-refractivity contribution in [1.82, 2.24) is 10.6 Å². The van der Waals surface area contributed by atoms with Gasteiger partial charge in [-0.05, 0) is 53.8 Å². The molecule has 3 rings (SSSR count). The molecule has 0 saturated heterocycles. The van der Waals surface area contributed by atoms with E-state index in [1.165, 1.54) is 24.3 Å². The third-order valence-electron chi connectivity index (χ3n) is 4.64. The van der Waals surface area contributed by atoms with Crippen LogP contribution in [-0.2, 0) is 9.53 Å². The second-order valence-electron chi connectivity index (χ2n) is 6.87. The number of benzene rings is 2. The normalized spacial score (nSPS) is 16.6. The Morgan fingerprint density at radius 2 is 1.75 bits per heavy atom. The van der Waals surface area contributed by atoms with E-state index in [1.54, 1.807) is 6.92 Å². The quantitative estimate of drug-likeness (QED) is 0.759. The topological polar surface area (TPSA) is 67.4 Å². The molecule has 0 aromatic heterocycles. The number of ether oxygens (including phenoxy) is 1. The molecule has 2 amide bonds. The zero-order chi connectivity index (χ0) is 20.3. The van der Waals surface area contributed by atoms with E-state index >= 15 is 0 Å². The van der Waals surface area contributed by atoms with Crippen LogP contribution < -0.4 is 10.6 Å². The van der Waals surface area contributed by atoms with Crippen molar-refractivity contribution in [2.45, 2.75) is 32.7 Å². The molecule has 1 aliphatic heterocycles. The fourth-order valence-electron chi connectivity index (χ4n) is 3.16. The lowest BCUT2D eigenvalue weighted by atomic mass is 9.91. The van der Waals surface area contributed by atoms with Crippen LogP contribution in [0.2, 0.25) is 0 Å². The Hall–Kier alpha value is -3.15. The van der Waals surface area contributed by atoms with E-state index in [-0.39, 0.29) is 12.2 Å². The Labute approximate surface area is 163 Å². The number of urea groups is 1. The van der Waals surface area contributed by atoms with Crippen molar-refractivity contribution in [1.29, 1.82) is 0 Å². The largest absolute Gasteiger partial charge is 0.463 e. The molecule has 2 N–H and O–H groups in total. The van der Waals surface area contributed by atoms with Gasteiger partial charge in [-0.25, -0.2) is 14.0 Å². The van der Waals surface area contributed by atoms with Gasteiger partial charge in [0.1, 0.15) is 5.82 Å². The lowest BCUT2D eigenvalue weighted by Gasteiger charge is -2.29. The molecular weight excluding hydrogens is 359 g/mol. The first-order valence-electron chi connectivity index (χ1n) is 9.25. The van der Waals surface area contributed by atoms with Gasteiger partial charge in [-0.1, -0.05) is 38.1 Å². The third kappa shape index (κ3) is 4.06. The highest BCUT2D eigenvalue weighted by molar-refractivity contribution is 6.04. The molecule has 28 heavy (non-hydrogen) atoms. The van der Waals surface area contributed by atoms with Crippen LogP contribution >= 0.6 is 0 Å². The van der Waals surface area contributed by atoms with Gasteiger partial charge in [0.15, 0.2) is 0 Å². The molecule has 2 aromatic carbocycles. The van der Waals surface area contributed by atoms with Gasteiger partial charge in [0.2, 0.25) is 0 Å². The summed E-state index contributed by atoms with van der Waals surface area (Å²) >= 11 is 0. The molecule has 0 unspecified atom stereocenters. The second-order valence-corrected chi connectivity index (χ2v) is 6.87. The number of halogens is 1. The fourth-order valence-corrected chi connectivity index (χ4v) is 3.16. The molecule has 0 saturated carbocycles. The predicted molar refractivity (Wildman–Crippen MR) is 105 cm³/mol. The lowest BCUT2D eigenvalue weighted by molar-refractivity contribution is -0.138. The van der Waals surface area contributed by atoms with Gasteiger partial charge in [-0.2, -0.15) is 0 Å². The van der Waals surface area contributed by atoms with Gasteiger partial charge < -0.3 is 15.4 Å². The van der Waals surface area contributed by atoms with E-state index in [4.69, 9.17) is 4.74 Å². The van der Waals surface area contributed by atoms with Crippen LogP contribution in [0, 0.1) is 5.82 Å². The number of amides is 2. The molecule has 0 radical (unpaired) electrons. The molecule has 6 heteroatoms. The smallest absolute Gasteiger partial charge is 0.338 e. The summed E-state index contributed by atoms with van der Waals surface area (Å²) in [4.78, 5) is 25.1. The number of esters is 1. The first-order chi connectivity index (χ1) is 13.4. The molecule has 0 spiro atoms. The summed E-state index contributed by atoms with van der Waals surface area (Å²) in [5.74, 6) is -0.568. The number of rotatable bonds is 5. The lowest BCUT2D eigenvalue weighted by Crippen LogP contribution is -2.45. The second kappa shape index (κ2) is 8.25. The first kappa shape index (κ1) is 19.6. The Balaban J connectivity index is 2.12. The maximum absolute atomic E-state index is 13.3. The molecule has 0 aliphatic carbocycles. The number of hydrogen-bond acceptors (Lipinski definition) is 3. The zero-order valence-corrected chi connectivity index (χ0v) is 16.1. The average molecular weight is 382 g/mol. The molecule has 0 fully saturated rings. The van der Waals surface area contributed by atoms with Crippen LogP contribution in [0.15, 0.2) is 54.1 Å². The zero-order valence-electron chi connectivity index (χ0n) is 16.1. The number of carbonyl (C=O) groups is 2. The third-order valence-corrected chi connectivity index (χ3v) is 4.64. The highest BCUT2D eigenvalue weighted by Gasteiger charge is 2.34. The van der Waals surface area contributed by atoms with Crippen LogP contribution in [0.3, 0.4) is 0 Å². The Bertz CT molecular complexity index is 902. The van der Waals surface area contributed by atoms with Crippen molar-refractivity contribution < 1.29 is 18.7 Å². The Morgan fingerprint density at radius 1 is 1.11 bits per heavy atom. The van der Waals surface area contributed by atoms with Gasteiger partial charge in [0.05, 0.1) is 23.9 Å². The van der Waals surface area contributed by atoms with E-state index in [0.717, 1.165) is 11.1 Å². The summed E-state index contributed by atoms with van der Waals surface area (Å²) in [5.41, 5.74) is 3.06. The van der Waals surface area contributed by atoms with Gasteiger partial charge in [-0.15, -0.1) is 0 Å². The minimum atomic E-state index is -0.672. The molecule has 1 heterocycles. The van der Waals surface area contributed by atoms with Gasteiger partial charge in [0, 0.05) is 0 Å². The molecule has 0 bridgehead atoms. The van der Waals surface area contributed by atoms with E-state index in [9.17, 15) is 14.0 Å². The van der Waals surface area contributed by atoms with E-state index in [1.807, 2.05) is 24.3 Å². The van der Waals surface area contributed by atoms with Crippen molar-refractivity contribution in [2.24, 2.45) is 0 Å². The van der Waals surface area contributed by atoms with Gasteiger partial charge in [-0.3, -0.25) is 0 Å². The van der Waals surface area contributed by atoms with Gasteiger partial charge >= 0.3 is 12.0 Å². The first-order valence-corrected chi connectivity index (χ1v) is 9.25. The predicted octanol–water partition coefficient (Wildman–Crippen LogP) is 4.28. The molecule has 2 aromatic rings. The summed E-state index contributed by atoms with van der Waals surface area (Å²) in [5, 5.41) is 5.48. The van der Waals surface area contributed by atoms with Crippen LogP contribution in [0.5, 0.6) is 0 Å². The highest BCUT2D eigenvalue weighted by atomic mass is 19.1. The molecule has 146 valence electrons. The van der Waals surface area contributed by atoms with E-state index < -0.39 is 23.9 Å². The molecule has 1 atom stereocenters. The summed E-state index contributed by atoms with van der Waals surface area (Å²) in [6, 6.07) is 12.3. The van der Waals surface area contributed by atoms with Crippen molar-refractivity contribution in [3.63, 3.8) is 0 Å². The summed E-state index contributed by atoms with van der Waals surface area (Å²) in [7, 11) is 0. The van der Waals surface area contributed by atoms with Gasteiger partial charge in [0.25, 0.3) is 0 Å². The number of carbonyl (C=O) groups excluding carboxylic acids is 2. The summed E-state index contributed by atoms with van der Waals surface area (Å²) < 4.78 is 18.6. The number of hydrogen-bond donors (Lipinski definition) is 2. The van der Waals surface area contributed by atoms with Crippen LogP contribution in [-0.4, -0.2) is 18.6 Å². The standard InChI is InChI=1S/C22H23FN2O3/c1-4-28-21(26)18-19(15-7-5-14(6-8-15)13(2)3)24-22(27)25-20(18)16-9-11-17(23)12-10-16/h5-13,19H,4H2,1-3H3,(H2,24,25,27)/t19-/m1/s1. The van der Waals surface area contributed by atoms with Crippen LogP contribution in [0.25, 0.3) is 5.70 Å². The molecule has 1 aliphatic rings. The number of nitrogens with one attached hydrogen (secondary N) is 2. The van der Waals surface area contributed by atoms with Crippen molar-refractivity contribution in [3.05, 3.63) is 76.6 Å². The molecule has 5 nitrogen and oxygen atoms in total. The van der Waals surface area contributed by atoms with E-state index in [2.05, 4.69) is 24.5 Å². The minimum absolute atomic E-state index is 0.200. The van der Waals surface area contributed by atoms with Crippen LogP contribution in [0.4, 0.5) is 9.18 Å². The maximum atomic E-state index is 13.3. The molecular formula is C22H23FN2O3. The van der Waals surface area contributed by atoms with E-state index in [0.29, 0.717) is 17.2 Å². The average Bonchev–Trinajstić information content (AvgIpc) is 2.68.